The molecule has 0 radical (unpaired) electrons. The standard InChI is InChI=1S/C23H23N3O2/c27-21-9-14-4-1-2-6-18(14)23(28)26(21)17-8-15-5-3-7-25-13-16-11-24-12-20(16)19(10-17)22(15)25/h1-2,4,6,8-10,16,20,24,28H,3,5,7,11-13H2/t16-,20-/m1/s1. The van der Waals surface area contributed by atoms with Gasteiger partial charge >= 0.3 is 0 Å². The number of hydrogen-bond acceptors (Lipinski definition) is 4. The molecular weight excluding hydrogens is 350 g/mol. The summed E-state index contributed by atoms with van der Waals surface area (Å²) in [5, 5.41) is 16.0. The van der Waals surface area contributed by atoms with E-state index in [0.717, 1.165) is 50.1 Å². The zero-order chi connectivity index (χ0) is 18.8. The van der Waals surface area contributed by atoms with Crippen molar-refractivity contribution in [1.29, 1.82) is 0 Å². The van der Waals surface area contributed by atoms with Crippen molar-refractivity contribution in [2.45, 2.75) is 18.8 Å². The van der Waals surface area contributed by atoms with Crippen LogP contribution in [0.15, 0.2) is 47.3 Å². The Balaban J connectivity index is 1.62. The average Bonchev–Trinajstić information content (AvgIpc) is 3.17. The second kappa shape index (κ2) is 5.85. The van der Waals surface area contributed by atoms with Gasteiger partial charge in [0.15, 0.2) is 0 Å². The minimum absolute atomic E-state index is 0.0276. The number of nitrogens with one attached hydrogen (secondary N) is 1. The van der Waals surface area contributed by atoms with Crippen LogP contribution < -0.4 is 15.8 Å². The van der Waals surface area contributed by atoms with E-state index in [1.807, 2.05) is 24.3 Å². The summed E-state index contributed by atoms with van der Waals surface area (Å²) in [4.78, 5) is 15.4. The third kappa shape index (κ3) is 2.20. The molecule has 0 spiro atoms. The highest BCUT2D eigenvalue weighted by Gasteiger charge is 2.39. The summed E-state index contributed by atoms with van der Waals surface area (Å²) in [5.41, 5.74) is 4.63. The van der Waals surface area contributed by atoms with Crippen LogP contribution >= 0.6 is 0 Å². The van der Waals surface area contributed by atoms with Crippen molar-refractivity contribution in [1.82, 2.24) is 9.88 Å². The van der Waals surface area contributed by atoms with E-state index in [9.17, 15) is 9.90 Å². The number of pyridine rings is 1. The molecule has 2 N–H and O–H groups in total. The maximum Gasteiger partial charge on any atom is 0.258 e. The summed E-state index contributed by atoms with van der Waals surface area (Å²) < 4.78 is 1.48. The molecule has 6 rings (SSSR count). The smallest absolute Gasteiger partial charge is 0.258 e. The van der Waals surface area contributed by atoms with Gasteiger partial charge in [-0.15, -0.1) is 0 Å². The minimum Gasteiger partial charge on any atom is -0.494 e. The van der Waals surface area contributed by atoms with E-state index in [2.05, 4.69) is 22.3 Å². The van der Waals surface area contributed by atoms with Gasteiger partial charge < -0.3 is 15.3 Å². The van der Waals surface area contributed by atoms with Crippen molar-refractivity contribution in [2.24, 2.45) is 5.92 Å². The molecule has 1 saturated heterocycles. The number of benzene rings is 2. The Morgan fingerprint density at radius 2 is 2.00 bits per heavy atom. The number of aromatic hydroxyl groups is 1. The number of anilines is 1. The Bertz CT molecular complexity index is 1170. The van der Waals surface area contributed by atoms with Crippen molar-refractivity contribution in [3.05, 3.63) is 63.9 Å². The van der Waals surface area contributed by atoms with Crippen molar-refractivity contribution in [2.75, 3.05) is 31.1 Å². The van der Waals surface area contributed by atoms with E-state index < -0.39 is 0 Å². The third-order valence-electron chi connectivity index (χ3n) is 6.76. The number of aryl methyl sites for hydroxylation is 1. The molecule has 0 aliphatic carbocycles. The Morgan fingerprint density at radius 1 is 1.11 bits per heavy atom. The highest BCUT2D eigenvalue weighted by Crippen LogP contribution is 2.45. The van der Waals surface area contributed by atoms with Crippen LogP contribution in [0, 0.1) is 5.92 Å². The van der Waals surface area contributed by atoms with E-state index in [0.29, 0.717) is 17.2 Å². The quantitative estimate of drug-likeness (QED) is 0.689. The van der Waals surface area contributed by atoms with Gasteiger partial charge in [0, 0.05) is 49.2 Å². The van der Waals surface area contributed by atoms with Crippen molar-refractivity contribution < 1.29 is 5.11 Å². The van der Waals surface area contributed by atoms with Crippen LogP contribution in [-0.2, 0) is 6.42 Å². The third-order valence-corrected chi connectivity index (χ3v) is 6.76. The van der Waals surface area contributed by atoms with E-state index in [1.54, 1.807) is 6.07 Å². The molecule has 0 amide bonds. The first kappa shape index (κ1) is 16.2. The molecule has 3 aromatic rings. The number of rotatable bonds is 1. The van der Waals surface area contributed by atoms with Crippen LogP contribution in [0.4, 0.5) is 5.69 Å². The van der Waals surface area contributed by atoms with E-state index in [4.69, 9.17) is 0 Å². The van der Waals surface area contributed by atoms with Crippen molar-refractivity contribution >= 4 is 16.5 Å². The molecule has 3 aliphatic heterocycles. The fourth-order valence-corrected chi connectivity index (χ4v) is 5.51. The second-order valence-corrected chi connectivity index (χ2v) is 8.35. The molecule has 3 aliphatic rings. The molecule has 2 atom stereocenters. The zero-order valence-electron chi connectivity index (χ0n) is 15.7. The summed E-state index contributed by atoms with van der Waals surface area (Å²) in [6, 6.07) is 13.4. The van der Waals surface area contributed by atoms with Crippen LogP contribution in [0.3, 0.4) is 0 Å². The van der Waals surface area contributed by atoms with Gasteiger partial charge in [-0.25, -0.2) is 4.57 Å². The van der Waals surface area contributed by atoms with Crippen LogP contribution in [-0.4, -0.2) is 35.9 Å². The maximum absolute atomic E-state index is 12.9. The molecule has 0 saturated carbocycles. The molecule has 0 unspecified atom stereocenters. The average molecular weight is 373 g/mol. The topological polar surface area (TPSA) is 57.5 Å². The van der Waals surface area contributed by atoms with Crippen LogP contribution in [0.1, 0.15) is 23.5 Å². The summed E-state index contributed by atoms with van der Waals surface area (Å²) in [5.74, 6) is 1.14. The highest BCUT2D eigenvalue weighted by molar-refractivity contribution is 5.87. The van der Waals surface area contributed by atoms with Gasteiger partial charge in [0.1, 0.15) is 0 Å². The summed E-state index contributed by atoms with van der Waals surface area (Å²) in [6.07, 6.45) is 2.17. The number of fused-ring (bicyclic) bond motifs is 3. The predicted molar refractivity (Wildman–Crippen MR) is 111 cm³/mol. The predicted octanol–water partition coefficient (Wildman–Crippen LogP) is 2.77. The molecule has 1 fully saturated rings. The first-order chi connectivity index (χ1) is 13.7. The van der Waals surface area contributed by atoms with Gasteiger partial charge in [-0.3, -0.25) is 4.79 Å². The largest absolute Gasteiger partial charge is 0.494 e. The molecule has 28 heavy (non-hydrogen) atoms. The van der Waals surface area contributed by atoms with E-state index in [1.165, 1.54) is 21.4 Å². The first-order valence-electron chi connectivity index (χ1n) is 10.2. The first-order valence-corrected chi connectivity index (χ1v) is 10.2. The van der Waals surface area contributed by atoms with Gasteiger partial charge in [-0.2, -0.15) is 0 Å². The molecule has 142 valence electrons. The zero-order valence-corrected chi connectivity index (χ0v) is 15.7. The van der Waals surface area contributed by atoms with Gasteiger partial charge in [0.05, 0.1) is 5.69 Å². The number of hydrogen-bond donors (Lipinski definition) is 2. The fraction of sp³-hybridized carbons (Fsp3) is 0.348. The van der Waals surface area contributed by atoms with Gasteiger partial charge in [-0.1, -0.05) is 18.2 Å². The molecular formula is C23H23N3O2. The Hall–Kier alpha value is -2.79. The monoisotopic (exact) mass is 373 g/mol. The van der Waals surface area contributed by atoms with Crippen molar-refractivity contribution in [3.63, 3.8) is 0 Å². The molecule has 5 nitrogen and oxygen atoms in total. The van der Waals surface area contributed by atoms with Gasteiger partial charge in [-0.05, 0) is 53.5 Å². The number of aromatic nitrogens is 1. The minimum atomic E-state index is -0.187. The fourth-order valence-electron chi connectivity index (χ4n) is 5.51. The van der Waals surface area contributed by atoms with E-state index in [-0.39, 0.29) is 11.4 Å². The normalized spacial score (nSPS) is 22.9. The molecule has 0 bridgehead atoms. The maximum atomic E-state index is 12.9. The Labute approximate surface area is 163 Å². The summed E-state index contributed by atoms with van der Waals surface area (Å²) in [7, 11) is 0. The van der Waals surface area contributed by atoms with Gasteiger partial charge in [0.2, 0.25) is 5.88 Å². The lowest BCUT2D eigenvalue weighted by Crippen LogP contribution is -2.41. The summed E-state index contributed by atoms with van der Waals surface area (Å²) in [6.45, 7) is 4.29. The van der Waals surface area contributed by atoms with Crippen LogP contribution in [0.2, 0.25) is 0 Å². The van der Waals surface area contributed by atoms with E-state index >= 15 is 0 Å². The molecule has 1 aromatic heterocycles. The number of nitrogens with zero attached hydrogens (tertiary/aromatic N) is 2. The van der Waals surface area contributed by atoms with Crippen LogP contribution in [0.25, 0.3) is 16.5 Å². The molecule has 4 heterocycles. The Morgan fingerprint density at radius 3 is 2.93 bits per heavy atom. The lowest BCUT2D eigenvalue weighted by atomic mass is 9.80. The summed E-state index contributed by atoms with van der Waals surface area (Å²) >= 11 is 0. The molecule has 5 heteroatoms. The SMILES string of the molecule is O=c1cc2ccccc2c(O)n1-c1cc2c3c(c1)[C@@H]1CNC[C@@H]1CN3CCC2. The Kier molecular flexibility index (Phi) is 3.38. The van der Waals surface area contributed by atoms with Crippen molar-refractivity contribution in [3.8, 4) is 11.6 Å². The lowest BCUT2D eigenvalue weighted by molar-refractivity contribution is 0.442. The van der Waals surface area contributed by atoms with Gasteiger partial charge in [0.25, 0.3) is 5.56 Å². The molecule has 2 aromatic carbocycles. The lowest BCUT2D eigenvalue weighted by Gasteiger charge is -2.42. The van der Waals surface area contributed by atoms with Crippen LogP contribution in [0.5, 0.6) is 5.88 Å². The second-order valence-electron chi connectivity index (χ2n) is 8.35. The highest BCUT2D eigenvalue weighted by atomic mass is 16.3.